The zero-order chi connectivity index (χ0) is 45.5. The minimum absolute atomic E-state index is 0.209. The maximum Gasteiger partial charge on any atom is 0.305 e. The number of carboxylic acid groups (broad SMARTS) is 5. The summed E-state index contributed by atoms with van der Waals surface area (Å²) in [5, 5.41) is 57.2. The van der Waals surface area contributed by atoms with Crippen LogP contribution in [0.3, 0.4) is 0 Å². The fraction of sp³-hybridized carbons (Fsp3) is 0.474. The lowest BCUT2D eigenvalue weighted by molar-refractivity contribution is -0.142. The minimum atomic E-state index is -1.87. The Hall–Kier alpha value is -7.18. The summed E-state index contributed by atoms with van der Waals surface area (Å²) < 4.78 is 0. The van der Waals surface area contributed by atoms with E-state index < -0.39 is 166 Å². The number of amides is 5. The predicted octanol–water partition coefficient (Wildman–Crippen LogP) is -1.70. The number of aryl methyl sites for hydroxylation is 1. The molecule has 1 aromatic carbocycles. The number of nitrogens with one attached hydrogen (secondary N) is 5. The Morgan fingerprint density at radius 2 is 0.983 bits per heavy atom. The van der Waals surface area contributed by atoms with Gasteiger partial charge in [-0.15, -0.1) is 12.3 Å². The van der Waals surface area contributed by atoms with E-state index in [-0.39, 0.29) is 12.7 Å². The molecule has 0 bridgehead atoms. The molecular formula is C38H47N5O17. The van der Waals surface area contributed by atoms with Gasteiger partial charge in [-0.25, -0.2) is 0 Å². The van der Waals surface area contributed by atoms with Crippen molar-refractivity contribution in [1.82, 2.24) is 26.6 Å². The number of terminal acetylenes is 1. The average molecular weight is 846 g/mol. The van der Waals surface area contributed by atoms with Crippen LogP contribution in [0.1, 0.15) is 75.3 Å². The summed E-state index contributed by atoms with van der Waals surface area (Å²) >= 11 is 0. The molecule has 5 amide bonds. The molecule has 0 heterocycles. The Bertz CT molecular complexity index is 1820. The Labute approximate surface area is 342 Å². The normalized spacial score (nSPS) is 13.5. The molecule has 6 atom stereocenters. The quantitative estimate of drug-likeness (QED) is 0.0244. The summed E-state index contributed by atoms with van der Waals surface area (Å²) in [6.07, 6.45) is -1.58. The number of benzene rings is 1. The number of aliphatic carboxylic acids is 5. The highest BCUT2D eigenvalue weighted by Gasteiger charge is 2.35. The predicted molar refractivity (Wildman–Crippen MR) is 202 cm³/mol. The van der Waals surface area contributed by atoms with Gasteiger partial charge in [0.05, 0.1) is 24.8 Å². The first-order valence-electron chi connectivity index (χ1n) is 18.2. The van der Waals surface area contributed by atoms with Gasteiger partial charge in [0.15, 0.2) is 5.78 Å². The summed E-state index contributed by atoms with van der Waals surface area (Å²) in [5.74, 6) is -13.3. The SMILES string of the molecule is C#CC[C@@H](C=O)C(=O)[C@H](CCC(=O)O)NC(=O)[C@@H](CCC(=O)O)NC(=O)[C@H](Cc1ccc(C)cc1)NC(=O)[C@H](CCC(=O)O)NC(=O)[C@H](CC(=O)O)NC(=O)CCC(=O)O. The van der Waals surface area contributed by atoms with Crippen molar-refractivity contribution in [2.75, 3.05) is 0 Å². The number of rotatable bonds is 29. The van der Waals surface area contributed by atoms with Crippen LogP contribution in [0.5, 0.6) is 0 Å². The van der Waals surface area contributed by atoms with Crippen molar-refractivity contribution in [2.45, 2.75) is 108 Å². The number of carbonyl (C=O) groups is 12. The van der Waals surface area contributed by atoms with E-state index in [9.17, 15) is 78.0 Å². The molecule has 0 spiro atoms. The van der Waals surface area contributed by atoms with E-state index in [0.717, 1.165) is 5.56 Å². The molecule has 22 heteroatoms. The first-order valence-corrected chi connectivity index (χ1v) is 18.2. The van der Waals surface area contributed by atoms with Crippen LogP contribution < -0.4 is 26.6 Å². The molecule has 0 aliphatic heterocycles. The van der Waals surface area contributed by atoms with Crippen LogP contribution in [0.4, 0.5) is 0 Å². The fourth-order valence-electron chi connectivity index (χ4n) is 5.36. The maximum absolute atomic E-state index is 14.0. The molecule has 22 nitrogen and oxygen atoms in total. The van der Waals surface area contributed by atoms with Crippen LogP contribution in [0.25, 0.3) is 0 Å². The van der Waals surface area contributed by atoms with Crippen LogP contribution in [-0.2, 0) is 64.0 Å². The van der Waals surface area contributed by atoms with E-state index in [1.165, 1.54) is 0 Å². The molecule has 60 heavy (non-hydrogen) atoms. The third kappa shape index (κ3) is 19.8. The van der Waals surface area contributed by atoms with Crippen molar-refractivity contribution in [2.24, 2.45) is 5.92 Å². The topological polar surface area (TPSA) is 366 Å². The smallest absolute Gasteiger partial charge is 0.305 e. The Kier molecular flexibility index (Phi) is 22.0. The van der Waals surface area contributed by atoms with Crippen LogP contribution in [0.2, 0.25) is 0 Å². The van der Waals surface area contributed by atoms with E-state index in [0.29, 0.717) is 5.56 Å². The van der Waals surface area contributed by atoms with E-state index in [4.69, 9.17) is 11.5 Å². The lowest BCUT2D eigenvalue weighted by atomic mass is 9.93. The number of hydrogen-bond acceptors (Lipinski definition) is 12. The molecule has 0 saturated carbocycles. The largest absolute Gasteiger partial charge is 0.481 e. The van der Waals surface area contributed by atoms with Gasteiger partial charge in [0.1, 0.15) is 30.5 Å². The number of ketones is 1. The molecule has 0 radical (unpaired) electrons. The van der Waals surface area contributed by atoms with E-state index in [1.54, 1.807) is 31.2 Å². The van der Waals surface area contributed by atoms with Gasteiger partial charge in [-0.2, -0.15) is 0 Å². The molecular weight excluding hydrogens is 798 g/mol. The Morgan fingerprint density at radius 1 is 0.567 bits per heavy atom. The molecule has 0 aliphatic carbocycles. The van der Waals surface area contributed by atoms with Gasteiger partial charge in [0, 0.05) is 38.5 Å². The van der Waals surface area contributed by atoms with Crippen molar-refractivity contribution < 1.29 is 83.1 Å². The second kappa shape index (κ2) is 25.9. The number of aldehydes is 1. The summed E-state index contributed by atoms with van der Waals surface area (Å²) in [6, 6.07) is -2.30. The standard InChI is InChI=1S/C38H47N5O17/c1-3-4-22(19-44)34(56)23(9-13-29(46)47)40-35(57)24(10-14-30(48)49)41-37(59)26(17-21-7-5-20(2)6-8-21)43-36(58)25(11-15-31(50)51)42-38(60)27(18-33(54)55)39-28(45)12-16-32(52)53/h1,5-8,19,22-27H,4,9-18H2,2H3,(H,39,45)(H,40,57)(H,41,59)(H,42,60)(H,43,58)(H,46,47)(H,48,49)(H,50,51)(H,52,53)(H,54,55)/t22-,23-,24+,25-,26-,27-/m0/s1. The number of Topliss-reactive ketones (excluding diaryl/α,β-unsaturated/α-hetero) is 1. The number of carboxylic acids is 5. The highest BCUT2D eigenvalue weighted by atomic mass is 16.4. The van der Waals surface area contributed by atoms with Gasteiger partial charge < -0.3 is 56.9 Å². The molecule has 326 valence electrons. The summed E-state index contributed by atoms with van der Waals surface area (Å²) in [5.41, 5.74) is 1.21. The van der Waals surface area contributed by atoms with Crippen molar-refractivity contribution in [3.63, 3.8) is 0 Å². The number of hydrogen-bond donors (Lipinski definition) is 10. The minimum Gasteiger partial charge on any atom is -0.481 e. The van der Waals surface area contributed by atoms with Crippen LogP contribution in [-0.4, -0.2) is 127 Å². The molecule has 1 rings (SSSR count). The molecule has 0 saturated heterocycles. The monoisotopic (exact) mass is 845 g/mol. The van der Waals surface area contributed by atoms with Gasteiger partial charge in [-0.05, 0) is 31.7 Å². The van der Waals surface area contributed by atoms with E-state index >= 15 is 0 Å². The van der Waals surface area contributed by atoms with Crippen LogP contribution in [0, 0.1) is 25.2 Å². The van der Waals surface area contributed by atoms with Crippen molar-refractivity contribution in [3.05, 3.63) is 35.4 Å². The second-order valence-corrected chi connectivity index (χ2v) is 13.4. The first kappa shape index (κ1) is 50.8. The number of carbonyl (C=O) groups excluding carboxylic acids is 7. The lowest BCUT2D eigenvalue weighted by Gasteiger charge is -2.27. The maximum atomic E-state index is 14.0. The first-order chi connectivity index (χ1) is 28.2. The Morgan fingerprint density at radius 3 is 1.42 bits per heavy atom. The van der Waals surface area contributed by atoms with Gasteiger partial charge >= 0.3 is 29.8 Å². The zero-order valence-corrected chi connectivity index (χ0v) is 32.3. The van der Waals surface area contributed by atoms with Gasteiger partial charge in [0.2, 0.25) is 29.5 Å². The average Bonchev–Trinajstić information content (AvgIpc) is 3.17. The third-order valence-electron chi connectivity index (χ3n) is 8.52. The summed E-state index contributed by atoms with van der Waals surface area (Å²) in [7, 11) is 0. The highest BCUT2D eigenvalue weighted by Crippen LogP contribution is 2.13. The van der Waals surface area contributed by atoms with Crippen molar-refractivity contribution in [1.29, 1.82) is 0 Å². The van der Waals surface area contributed by atoms with E-state index in [1.807, 2.05) is 5.32 Å². The molecule has 0 unspecified atom stereocenters. The molecule has 0 aromatic heterocycles. The van der Waals surface area contributed by atoms with Gasteiger partial charge in [-0.1, -0.05) is 29.8 Å². The van der Waals surface area contributed by atoms with Gasteiger partial charge in [0.25, 0.3) is 0 Å². The summed E-state index contributed by atoms with van der Waals surface area (Å²) in [6.45, 7) is 1.75. The second-order valence-electron chi connectivity index (χ2n) is 13.4. The van der Waals surface area contributed by atoms with Crippen molar-refractivity contribution >= 4 is 71.5 Å². The molecule has 0 fully saturated rings. The Balaban J connectivity index is 3.58. The van der Waals surface area contributed by atoms with Crippen LogP contribution >= 0.6 is 0 Å². The van der Waals surface area contributed by atoms with E-state index in [2.05, 4.69) is 27.2 Å². The van der Waals surface area contributed by atoms with Crippen LogP contribution in [0.15, 0.2) is 24.3 Å². The fourth-order valence-corrected chi connectivity index (χ4v) is 5.36. The summed E-state index contributed by atoms with van der Waals surface area (Å²) in [4.78, 5) is 148. The molecule has 1 aromatic rings. The molecule has 10 N–H and O–H groups in total. The zero-order valence-electron chi connectivity index (χ0n) is 32.3. The highest BCUT2D eigenvalue weighted by molar-refractivity contribution is 6.01. The van der Waals surface area contributed by atoms with Crippen molar-refractivity contribution in [3.8, 4) is 12.3 Å². The molecule has 0 aliphatic rings. The third-order valence-corrected chi connectivity index (χ3v) is 8.52. The van der Waals surface area contributed by atoms with Gasteiger partial charge in [-0.3, -0.25) is 52.7 Å². The lowest BCUT2D eigenvalue weighted by Crippen LogP contribution is -2.59.